The van der Waals surface area contributed by atoms with Crippen molar-refractivity contribution in [3.8, 4) is 11.1 Å². The summed E-state index contributed by atoms with van der Waals surface area (Å²) in [5.41, 5.74) is 0.460. The average molecular weight is 660 g/mol. The monoisotopic (exact) mass is 658 g/mol. The molecule has 3 rings (SSSR count). The van der Waals surface area contributed by atoms with Crippen LogP contribution >= 0.6 is 0 Å². The Kier molecular flexibility index (Phi) is 5.60. The van der Waals surface area contributed by atoms with Gasteiger partial charge in [0.2, 0.25) is 0 Å². The van der Waals surface area contributed by atoms with E-state index in [1.165, 1.54) is 12.1 Å². The number of benzene rings is 2. The van der Waals surface area contributed by atoms with Crippen LogP contribution in [0.15, 0.2) is 34.1 Å². The Morgan fingerprint density at radius 3 is 1.24 bits per heavy atom. The summed E-state index contributed by atoms with van der Waals surface area (Å²) in [4.78, 5) is 5.22. The molecule has 2 N–H and O–H groups in total. The van der Waals surface area contributed by atoms with Crippen molar-refractivity contribution in [1.82, 2.24) is 0 Å². The number of hydrogen-bond donors (Lipinski definition) is 2. The van der Waals surface area contributed by atoms with Crippen molar-refractivity contribution in [2.24, 2.45) is 0 Å². The van der Waals surface area contributed by atoms with Crippen molar-refractivity contribution in [3.63, 3.8) is 0 Å². The van der Waals surface area contributed by atoms with Gasteiger partial charge in [-0.1, -0.05) is 0 Å². The number of rotatable bonds is 4. The van der Waals surface area contributed by atoms with Gasteiger partial charge < -0.3 is 0 Å². The fourth-order valence-corrected chi connectivity index (χ4v) is 12.5. The molecule has 1 aliphatic carbocycles. The Bertz CT molecular complexity index is 1260. The van der Waals surface area contributed by atoms with E-state index in [2.05, 4.69) is 0 Å². The molecule has 0 unspecified atom stereocenters. The van der Waals surface area contributed by atoms with E-state index in [4.69, 9.17) is 0 Å². The van der Waals surface area contributed by atoms with Gasteiger partial charge in [-0.15, -0.1) is 0 Å². The second-order valence-electron chi connectivity index (χ2n) is 7.70. The third kappa shape index (κ3) is 4.17. The molecule has 8 nitrogen and oxygen atoms in total. The van der Waals surface area contributed by atoms with Crippen LogP contribution in [0.3, 0.4) is 0 Å². The van der Waals surface area contributed by atoms with Crippen LogP contribution in [0, 0.1) is 0 Å². The van der Waals surface area contributed by atoms with Crippen LogP contribution in [0.2, 0.25) is 19.5 Å². The predicted octanol–water partition coefficient (Wildman–Crippen LogP) is 1.44. The second kappa shape index (κ2) is 7.00. The van der Waals surface area contributed by atoms with E-state index < -0.39 is 67.6 Å². The van der Waals surface area contributed by atoms with Gasteiger partial charge in [-0.3, -0.25) is 0 Å². The molecule has 0 fully saturated rings. The van der Waals surface area contributed by atoms with Crippen LogP contribution < -0.4 is 7.02 Å². The normalized spacial score (nSPS) is 14.6. The van der Waals surface area contributed by atoms with Gasteiger partial charge >= 0.3 is 179 Å². The van der Waals surface area contributed by atoms with Crippen LogP contribution in [-0.2, 0) is 32.7 Å². The standard InChI is InChI=1S/C13H8O6S2.4CH3.2O.2Sb/c14-20(15,16)10-5-1-3-8-7-9-4-2-6-11(21(17,18)19)13(9)12(8)10;;;;;;;;/h1-2,5-6H,7H2,(H,14,15,16)(H,17,18,19);4*1H3;;;;. The van der Waals surface area contributed by atoms with Crippen LogP contribution in [0.1, 0.15) is 11.1 Å². The molecule has 0 saturated heterocycles. The van der Waals surface area contributed by atoms with Crippen molar-refractivity contribution < 1.29 is 32.0 Å². The van der Waals surface area contributed by atoms with E-state index in [-0.39, 0.29) is 17.5 Å². The summed E-state index contributed by atoms with van der Waals surface area (Å²) < 4.78 is 94.3. The molecular formula is C17H20O8S2Sb2. The first-order valence-electron chi connectivity index (χ1n) is 8.32. The van der Waals surface area contributed by atoms with Crippen LogP contribution in [0.25, 0.3) is 11.1 Å². The molecule has 12 heteroatoms. The van der Waals surface area contributed by atoms with Crippen LogP contribution in [-0.4, -0.2) is 63.5 Å². The van der Waals surface area contributed by atoms with Gasteiger partial charge in [-0.05, 0) is 0 Å². The first kappa shape index (κ1) is 23.2. The molecule has 158 valence electrons. The first-order valence-corrected chi connectivity index (χ1v) is 26.0. The van der Waals surface area contributed by atoms with E-state index in [1.54, 1.807) is 19.5 Å². The molecule has 0 aromatic heterocycles. The zero-order valence-electron chi connectivity index (χ0n) is 16.1. The summed E-state index contributed by atoms with van der Waals surface area (Å²) in [6.45, 7) is 0. The predicted molar refractivity (Wildman–Crippen MR) is 110 cm³/mol. The van der Waals surface area contributed by atoms with Gasteiger partial charge in [0.1, 0.15) is 0 Å². The third-order valence-corrected chi connectivity index (χ3v) is 15.6. The molecule has 0 bridgehead atoms. The fraction of sp³-hybridized carbons (Fsp3) is 0.294. The molecular weight excluding hydrogens is 640 g/mol. The summed E-state index contributed by atoms with van der Waals surface area (Å²) in [5.74, 6) is 0. The maximum absolute atomic E-state index is 12.9. The Morgan fingerprint density at radius 1 is 0.690 bits per heavy atom. The fourth-order valence-electron chi connectivity index (χ4n) is 3.75. The van der Waals surface area contributed by atoms with E-state index in [0.29, 0.717) is 18.1 Å². The molecule has 1 aliphatic rings. The van der Waals surface area contributed by atoms with Gasteiger partial charge in [0.15, 0.2) is 0 Å². The summed E-state index contributed by atoms with van der Waals surface area (Å²) in [6, 6.07) is 4.95. The van der Waals surface area contributed by atoms with Crippen molar-refractivity contribution >= 4 is 64.8 Å². The summed E-state index contributed by atoms with van der Waals surface area (Å²) in [5, 5.41) is 0. The first-order chi connectivity index (χ1) is 12.9. The minimum absolute atomic E-state index is 0.0161. The van der Waals surface area contributed by atoms with Gasteiger partial charge in [0, 0.05) is 0 Å². The third-order valence-electron chi connectivity index (χ3n) is 4.82. The van der Waals surface area contributed by atoms with Crippen molar-refractivity contribution in [3.05, 3.63) is 35.4 Å². The Balaban J connectivity index is 2.63. The Hall–Kier alpha value is -0.504. The van der Waals surface area contributed by atoms with E-state index >= 15 is 0 Å². The van der Waals surface area contributed by atoms with Gasteiger partial charge in [-0.25, -0.2) is 0 Å². The molecule has 0 atom stereocenters. The molecule has 29 heavy (non-hydrogen) atoms. The van der Waals surface area contributed by atoms with E-state index in [1.807, 2.05) is 0 Å². The zero-order valence-corrected chi connectivity index (χ0v) is 22.8. The SMILES string of the molecule is [CH3][Sb]([CH3])(=[O])[c]1ccc(S(=O)(=O)O)c2c1Cc1[c]([Sb]([CH3])([CH3])=[O])ccc(S(=O)(=O)O)c1-2. The molecule has 0 heterocycles. The topological polar surface area (TPSA) is 143 Å². The van der Waals surface area contributed by atoms with Crippen LogP contribution in [0.4, 0.5) is 0 Å². The van der Waals surface area contributed by atoms with Crippen molar-refractivity contribution in [2.75, 3.05) is 0 Å². The second-order valence-corrected chi connectivity index (χ2v) is 28.7. The summed E-state index contributed by atoms with van der Waals surface area (Å²) in [6.07, 6.45) is 0.0161. The van der Waals surface area contributed by atoms with E-state index in [0.717, 1.165) is 12.1 Å². The molecule has 2 aromatic carbocycles. The molecule has 0 spiro atoms. The molecule has 0 aliphatic heterocycles. The summed E-state index contributed by atoms with van der Waals surface area (Å²) in [7, 11) is -9.52. The van der Waals surface area contributed by atoms with Crippen molar-refractivity contribution in [2.45, 2.75) is 35.7 Å². The zero-order chi connectivity index (χ0) is 22.2. The number of hydrogen-bond acceptors (Lipinski definition) is 6. The molecule has 2 aromatic rings. The number of fused-ring (bicyclic) bond motifs is 3. The molecule has 0 amide bonds. The van der Waals surface area contributed by atoms with Crippen molar-refractivity contribution in [1.29, 1.82) is 0 Å². The molecule has 0 radical (unpaired) electrons. The quantitative estimate of drug-likeness (QED) is 0.317. The Labute approximate surface area is 177 Å². The summed E-state index contributed by atoms with van der Waals surface area (Å²) >= 11 is -7.87. The minimum atomic E-state index is -4.76. The van der Waals surface area contributed by atoms with Gasteiger partial charge in [0.05, 0.1) is 0 Å². The van der Waals surface area contributed by atoms with Crippen LogP contribution in [0.5, 0.6) is 0 Å². The average Bonchev–Trinajstić information content (AvgIpc) is 2.88. The van der Waals surface area contributed by atoms with E-state index in [9.17, 15) is 32.0 Å². The van der Waals surface area contributed by atoms with Gasteiger partial charge in [-0.2, -0.15) is 0 Å². The van der Waals surface area contributed by atoms with Gasteiger partial charge in [0.25, 0.3) is 0 Å². The Morgan fingerprint density at radius 2 is 1.00 bits per heavy atom. The molecule has 0 saturated carbocycles. The maximum atomic E-state index is 12.9.